The zero-order valence-electron chi connectivity index (χ0n) is 19.3. The van der Waals surface area contributed by atoms with Crippen LogP contribution in [0.2, 0.25) is 0 Å². The fraction of sp³-hybridized carbons (Fsp3) is 0.0870. The van der Waals surface area contributed by atoms with Gasteiger partial charge in [-0.3, -0.25) is 0 Å². The van der Waals surface area contributed by atoms with Gasteiger partial charge in [-0.25, -0.2) is 16.8 Å². The third-order valence-corrected chi connectivity index (χ3v) is 14.1. The van der Waals surface area contributed by atoms with Gasteiger partial charge in [-0.1, -0.05) is 10.2 Å². The summed E-state index contributed by atoms with van der Waals surface area (Å²) in [6, 6.07) is 15.7. The van der Waals surface area contributed by atoms with Gasteiger partial charge in [-0.2, -0.15) is 42.1 Å². The molecule has 0 aliphatic rings. The van der Waals surface area contributed by atoms with Gasteiger partial charge >= 0.3 is 31.1 Å². The Kier molecular flexibility index (Phi) is 7.98. The van der Waals surface area contributed by atoms with E-state index in [-0.39, 0.29) is 16.7 Å². The van der Waals surface area contributed by atoms with Gasteiger partial charge in [0.2, 0.25) is 0 Å². The molecule has 17 heteroatoms. The van der Waals surface area contributed by atoms with Crippen molar-refractivity contribution < 1.29 is 43.2 Å². The number of hydrogen-bond acceptors (Lipinski definition) is 7. The molecule has 0 heterocycles. The van der Waals surface area contributed by atoms with Gasteiger partial charge in [0, 0.05) is 14.7 Å². The summed E-state index contributed by atoms with van der Waals surface area (Å²) in [5.41, 5.74) is -13.5. The highest BCUT2D eigenvalue weighted by Crippen LogP contribution is 2.74. The Labute approximate surface area is 225 Å². The fourth-order valence-electron chi connectivity index (χ4n) is 3.44. The van der Waals surface area contributed by atoms with E-state index in [9.17, 15) is 43.2 Å². The lowest BCUT2D eigenvalue weighted by Gasteiger charge is -2.47. The molecular weight excluding hydrogens is 606 g/mol. The fourth-order valence-corrected chi connectivity index (χ4v) is 12.7. The summed E-state index contributed by atoms with van der Waals surface area (Å²) in [5.74, 6) is 0. The topological polar surface area (TPSA) is 143 Å². The summed E-state index contributed by atoms with van der Waals surface area (Å²) in [6.45, 7) is 0. The first-order valence-electron chi connectivity index (χ1n) is 10.3. The number of halogens is 6. The van der Waals surface area contributed by atoms with Gasteiger partial charge in [0.1, 0.15) is 0 Å². The van der Waals surface area contributed by atoms with Crippen LogP contribution in [0.15, 0.2) is 87.5 Å². The average Bonchev–Trinajstić information content (AvgIpc) is 2.90. The molecule has 3 rings (SSSR count). The second-order valence-corrected chi connectivity index (χ2v) is 14.7. The van der Waals surface area contributed by atoms with Crippen LogP contribution in [0.3, 0.4) is 0 Å². The minimum atomic E-state index is -7.36. The lowest BCUT2D eigenvalue weighted by atomic mass is 10.2. The standard InChI is InChI=1S/C23H12F6N4O4S3/c24-22(25,26)39(34,35)33(40(36,37)23(27,28)29)38(19-7-1-16(13-30)2-8-19,20-9-3-17(14-31)4-10-20)21-11-5-18(15-32)6-12-21/h1-12H. The van der Waals surface area contributed by atoms with Gasteiger partial charge in [-0.05, 0) is 75.9 Å². The van der Waals surface area contributed by atoms with Crippen molar-refractivity contribution in [3.8, 4) is 18.2 Å². The number of benzene rings is 3. The lowest BCUT2D eigenvalue weighted by Crippen LogP contribution is -2.50. The summed E-state index contributed by atoms with van der Waals surface area (Å²) in [7, 11) is -19.6. The van der Waals surface area contributed by atoms with Gasteiger partial charge in [-0.15, -0.1) is 0 Å². The number of rotatable bonds is 6. The normalized spacial score (nSPS) is 13.2. The average molecular weight is 619 g/mol. The number of hydrogen-bond donors (Lipinski definition) is 0. The van der Waals surface area contributed by atoms with Crippen LogP contribution in [-0.2, 0) is 20.0 Å². The monoisotopic (exact) mass is 618 g/mol. The third-order valence-electron chi connectivity index (χ3n) is 5.17. The van der Waals surface area contributed by atoms with E-state index in [1.807, 2.05) is 0 Å². The molecule has 208 valence electrons. The van der Waals surface area contributed by atoms with Crippen LogP contribution < -0.4 is 0 Å². The highest BCUT2D eigenvalue weighted by molar-refractivity contribution is 8.41. The molecule has 0 amide bonds. The SMILES string of the molecule is N#Cc1ccc(S(c2ccc(C#N)cc2)(c2ccc(C#N)cc2)N(S(=O)(=O)C(F)(F)F)S(=O)(=O)C(F)(F)F)cc1. The van der Waals surface area contributed by atoms with Crippen molar-refractivity contribution in [1.29, 1.82) is 15.8 Å². The summed E-state index contributed by atoms with van der Waals surface area (Å²) >= 11 is 0. The molecule has 0 spiro atoms. The molecule has 0 unspecified atom stereocenters. The molecule has 8 nitrogen and oxygen atoms in total. The van der Waals surface area contributed by atoms with Gasteiger partial charge < -0.3 is 0 Å². The molecule has 0 bridgehead atoms. The Bertz CT molecular complexity index is 1590. The van der Waals surface area contributed by atoms with Gasteiger partial charge in [0.15, 0.2) is 0 Å². The first-order valence-corrected chi connectivity index (χ1v) is 14.7. The van der Waals surface area contributed by atoms with Crippen LogP contribution in [0.1, 0.15) is 16.7 Å². The molecule has 0 aliphatic heterocycles. The summed E-state index contributed by atoms with van der Waals surface area (Å²) < 4.78 is 135. The molecule has 3 aromatic rings. The van der Waals surface area contributed by atoms with Crippen LogP contribution in [0.4, 0.5) is 26.3 Å². The number of sulfonamides is 2. The lowest BCUT2D eigenvalue weighted by molar-refractivity contribution is -0.0505. The quantitative estimate of drug-likeness (QED) is 0.332. The van der Waals surface area contributed by atoms with Gasteiger partial charge in [0.25, 0.3) is 0 Å². The molecule has 0 atom stereocenters. The Morgan fingerprint density at radius 2 is 0.725 bits per heavy atom. The van der Waals surface area contributed by atoms with Crippen molar-refractivity contribution in [3.05, 3.63) is 89.5 Å². The Morgan fingerprint density at radius 1 is 0.500 bits per heavy atom. The Balaban J connectivity index is 2.75. The van der Waals surface area contributed by atoms with E-state index in [2.05, 4.69) is 0 Å². The maximum atomic E-state index is 14.1. The van der Waals surface area contributed by atoms with Crippen molar-refractivity contribution in [1.82, 2.24) is 3.12 Å². The smallest absolute Gasteiger partial charge is 0.201 e. The number of alkyl halides is 6. The van der Waals surface area contributed by atoms with Crippen molar-refractivity contribution in [2.45, 2.75) is 25.7 Å². The zero-order valence-corrected chi connectivity index (χ0v) is 21.8. The zero-order chi connectivity index (χ0) is 30.1. The first-order chi connectivity index (χ1) is 18.5. The molecule has 0 radical (unpaired) electrons. The maximum Gasteiger partial charge on any atom is 0.513 e. The third kappa shape index (κ3) is 4.98. The minimum absolute atomic E-state index is 0.138. The van der Waals surface area contributed by atoms with E-state index in [1.54, 1.807) is 18.2 Å². The number of nitrogens with zero attached hydrogens (tertiary/aromatic N) is 4. The largest absolute Gasteiger partial charge is 0.513 e. The van der Waals surface area contributed by atoms with Crippen LogP contribution in [0, 0.1) is 34.0 Å². The van der Waals surface area contributed by atoms with E-state index in [0.29, 0.717) is 0 Å². The molecule has 0 saturated carbocycles. The maximum absolute atomic E-state index is 14.1. The van der Waals surface area contributed by atoms with E-state index in [4.69, 9.17) is 15.8 Å². The molecule has 0 aromatic heterocycles. The van der Waals surface area contributed by atoms with Crippen LogP contribution in [-0.4, -0.2) is 31.0 Å². The molecule has 0 aliphatic carbocycles. The number of nitriles is 3. The van der Waals surface area contributed by atoms with Crippen molar-refractivity contribution in [2.24, 2.45) is 0 Å². The van der Waals surface area contributed by atoms with Gasteiger partial charge in [0.05, 0.1) is 34.9 Å². The predicted octanol–water partition coefficient (Wildman–Crippen LogP) is 5.50. The summed E-state index contributed by atoms with van der Waals surface area (Å²) in [4.78, 5) is -2.00. The molecule has 3 aromatic carbocycles. The molecule has 0 saturated heterocycles. The molecule has 0 N–H and O–H groups in total. The van der Waals surface area contributed by atoms with Crippen molar-refractivity contribution in [2.75, 3.05) is 0 Å². The van der Waals surface area contributed by atoms with Crippen molar-refractivity contribution >= 4 is 30.3 Å². The van der Waals surface area contributed by atoms with Crippen LogP contribution >= 0.6 is 10.2 Å². The van der Waals surface area contributed by atoms with Crippen LogP contribution in [0.25, 0.3) is 0 Å². The van der Waals surface area contributed by atoms with E-state index in [1.165, 1.54) is 0 Å². The highest BCUT2D eigenvalue weighted by atomic mass is 32.4. The summed E-state index contributed by atoms with van der Waals surface area (Å²) in [6.07, 6.45) is 0. The first kappa shape index (κ1) is 30.5. The van der Waals surface area contributed by atoms with Crippen LogP contribution in [0.5, 0.6) is 0 Å². The Hall–Kier alpha value is -4.08. The van der Waals surface area contributed by atoms with Crippen molar-refractivity contribution in [3.63, 3.8) is 0 Å². The molecular formula is C23H12F6N4O4S3. The van der Waals surface area contributed by atoms with E-state index in [0.717, 1.165) is 72.8 Å². The highest BCUT2D eigenvalue weighted by Gasteiger charge is 2.67. The predicted molar refractivity (Wildman–Crippen MR) is 128 cm³/mol. The Morgan fingerprint density at radius 3 is 0.900 bits per heavy atom. The van der Waals surface area contributed by atoms with E-state index < -0.39 is 59.1 Å². The van der Waals surface area contributed by atoms with E-state index >= 15 is 0 Å². The summed E-state index contributed by atoms with van der Waals surface area (Å²) in [5, 5.41) is 27.5. The minimum Gasteiger partial charge on any atom is -0.201 e. The molecule has 40 heavy (non-hydrogen) atoms. The second kappa shape index (κ2) is 10.5. The molecule has 0 fully saturated rings. The second-order valence-electron chi connectivity index (χ2n) is 7.55.